The summed E-state index contributed by atoms with van der Waals surface area (Å²) in [6, 6.07) is 9.25. The Kier molecular flexibility index (Phi) is 5.39. The predicted octanol–water partition coefficient (Wildman–Crippen LogP) is 1.80. The second-order valence-corrected chi connectivity index (χ2v) is 4.82. The number of rotatable bonds is 4. The van der Waals surface area contributed by atoms with Gasteiger partial charge >= 0.3 is 110 Å². The molecule has 17 heavy (non-hydrogen) atoms. The Hall–Kier alpha value is -1.12. The number of methoxy groups -OCH3 is 1. The van der Waals surface area contributed by atoms with Crippen LogP contribution in [0.2, 0.25) is 0 Å². The van der Waals surface area contributed by atoms with Crippen LogP contribution in [0.15, 0.2) is 35.3 Å². The molecule has 0 amide bonds. The molecule has 3 nitrogen and oxygen atoms in total. The minimum absolute atomic E-state index is 0.106. The van der Waals surface area contributed by atoms with Gasteiger partial charge in [0.15, 0.2) is 0 Å². The fourth-order valence-corrected chi connectivity index (χ4v) is 1.90. The Labute approximate surface area is 110 Å². The van der Waals surface area contributed by atoms with E-state index in [4.69, 9.17) is 4.74 Å². The molecule has 1 rings (SSSR count). The molecule has 0 aromatic heterocycles. The van der Waals surface area contributed by atoms with E-state index in [1.807, 2.05) is 44.2 Å². The second-order valence-electron chi connectivity index (χ2n) is 4.01. The van der Waals surface area contributed by atoms with Crippen LogP contribution in [0.5, 0.6) is 0 Å². The van der Waals surface area contributed by atoms with Crippen LogP contribution in [-0.4, -0.2) is 39.7 Å². The van der Waals surface area contributed by atoms with E-state index in [0.29, 0.717) is 0 Å². The van der Waals surface area contributed by atoms with E-state index in [0.717, 1.165) is 10.2 Å². The van der Waals surface area contributed by atoms with Gasteiger partial charge in [0.2, 0.25) is 0 Å². The first-order valence-electron chi connectivity index (χ1n) is 5.44. The van der Waals surface area contributed by atoms with Crippen LogP contribution in [0.25, 0.3) is 0 Å². The van der Waals surface area contributed by atoms with E-state index in [1.165, 1.54) is 7.11 Å². The van der Waals surface area contributed by atoms with Crippen molar-refractivity contribution in [1.82, 2.24) is 0 Å². The number of hydrogen-bond donors (Lipinski definition) is 0. The Morgan fingerprint density at radius 3 is 2.35 bits per heavy atom. The third kappa shape index (κ3) is 3.99. The molecule has 0 saturated carbocycles. The molecule has 0 bridgehead atoms. The molecule has 4 heteroatoms. The number of benzene rings is 1. The van der Waals surface area contributed by atoms with Crippen molar-refractivity contribution in [2.24, 2.45) is 10.9 Å². The van der Waals surface area contributed by atoms with Crippen LogP contribution in [0.3, 0.4) is 0 Å². The van der Waals surface area contributed by atoms with Gasteiger partial charge < -0.3 is 0 Å². The molecule has 0 fully saturated rings. The van der Waals surface area contributed by atoms with Gasteiger partial charge in [-0.3, -0.25) is 0 Å². The summed E-state index contributed by atoms with van der Waals surface area (Å²) in [5.74, 6) is -0.196. The monoisotopic (exact) mass is 298 g/mol. The summed E-state index contributed by atoms with van der Waals surface area (Å²) >= 11 is 2.90. The third-order valence-electron chi connectivity index (χ3n) is 2.35. The normalized spacial score (nSPS) is 13.5. The first-order chi connectivity index (χ1) is 8.06. The molecule has 91 valence electrons. The van der Waals surface area contributed by atoms with Crippen molar-refractivity contribution in [2.45, 2.75) is 19.9 Å². The quantitative estimate of drug-likeness (QED) is 0.483. The van der Waals surface area contributed by atoms with Crippen LogP contribution in [0.1, 0.15) is 19.4 Å². The molecular formula is C13H16NO2Se. The van der Waals surface area contributed by atoms with Gasteiger partial charge in [0.1, 0.15) is 0 Å². The minimum atomic E-state index is -0.462. The summed E-state index contributed by atoms with van der Waals surface area (Å²) in [6.07, 6.45) is 0. The van der Waals surface area contributed by atoms with E-state index in [-0.39, 0.29) is 11.9 Å². The maximum atomic E-state index is 11.6. The molecule has 0 heterocycles. The summed E-state index contributed by atoms with van der Waals surface area (Å²) in [5.41, 5.74) is 0.974. The topological polar surface area (TPSA) is 38.7 Å². The average molecular weight is 297 g/mol. The van der Waals surface area contributed by atoms with E-state index in [1.54, 1.807) is 0 Å². The Bertz CT molecular complexity index is 401. The van der Waals surface area contributed by atoms with Crippen LogP contribution in [0, 0.1) is 5.92 Å². The molecule has 0 N–H and O–H groups in total. The number of nitrogens with zero attached hydrogens (tertiary/aromatic N) is 1. The van der Waals surface area contributed by atoms with E-state index < -0.39 is 6.04 Å². The first-order valence-corrected chi connectivity index (χ1v) is 6.30. The zero-order chi connectivity index (χ0) is 12.8. The number of esters is 1. The van der Waals surface area contributed by atoms with Crippen molar-refractivity contribution in [3.05, 3.63) is 35.9 Å². The molecule has 1 radical (unpaired) electrons. The number of ether oxygens (including phenoxy) is 1. The van der Waals surface area contributed by atoms with Crippen molar-refractivity contribution in [2.75, 3.05) is 7.11 Å². The zero-order valence-corrected chi connectivity index (χ0v) is 11.9. The van der Waals surface area contributed by atoms with Crippen LogP contribution >= 0.6 is 0 Å². The number of carbonyl (C=O) groups is 1. The van der Waals surface area contributed by atoms with E-state index >= 15 is 0 Å². The summed E-state index contributed by atoms with van der Waals surface area (Å²) in [4.78, 5) is 16.0. The van der Waals surface area contributed by atoms with Gasteiger partial charge in [0.05, 0.1) is 0 Å². The fraction of sp³-hybridized carbons (Fsp3) is 0.385. The molecule has 0 saturated heterocycles. The third-order valence-corrected chi connectivity index (χ3v) is 3.07. The first kappa shape index (κ1) is 13.9. The number of hydrogen-bond acceptors (Lipinski definition) is 3. The summed E-state index contributed by atoms with van der Waals surface area (Å²) in [7, 11) is 1.38. The van der Waals surface area contributed by atoms with Crippen LogP contribution in [-0.2, 0) is 9.53 Å². The van der Waals surface area contributed by atoms with Gasteiger partial charge in [0, 0.05) is 0 Å². The molecule has 1 aromatic rings. The van der Waals surface area contributed by atoms with Crippen molar-refractivity contribution in [3.8, 4) is 0 Å². The second kappa shape index (κ2) is 6.57. The number of carbonyl (C=O) groups excluding carboxylic acids is 1. The van der Waals surface area contributed by atoms with Crippen LogP contribution in [0.4, 0.5) is 0 Å². The average Bonchev–Trinajstić information content (AvgIpc) is 2.35. The maximum absolute atomic E-state index is 11.6. The number of aliphatic imine (C=N–C) groups is 1. The van der Waals surface area contributed by atoms with Crippen molar-refractivity contribution in [3.63, 3.8) is 0 Å². The molecule has 0 aliphatic rings. The van der Waals surface area contributed by atoms with Crippen molar-refractivity contribution >= 4 is 26.6 Å². The molecule has 0 spiro atoms. The van der Waals surface area contributed by atoms with Gasteiger partial charge in [-0.1, -0.05) is 0 Å². The van der Waals surface area contributed by atoms with Gasteiger partial charge in [-0.15, -0.1) is 0 Å². The van der Waals surface area contributed by atoms with E-state index in [2.05, 4.69) is 21.0 Å². The fourth-order valence-electron chi connectivity index (χ4n) is 1.38. The summed E-state index contributed by atoms with van der Waals surface area (Å²) in [6.45, 7) is 3.90. The molecular weight excluding hydrogens is 281 g/mol. The van der Waals surface area contributed by atoms with Crippen LogP contribution < -0.4 is 0 Å². The zero-order valence-electron chi connectivity index (χ0n) is 10.2. The molecule has 0 unspecified atom stereocenters. The molecule has 0 aliphatic heterocycles. The molecule has 1 aromatic carbocycles. The Morgan fingerprint density at radius 2 is 1.88 bits per heavy atom. The molecule has 1 atom stereocenters. The Balaban J connectivity index is 2.95. The van der Waals surface area contributed by atoms with Crippen molar-refractivity contribution in [1.29, 1.82) is 0 Å². The summed E-state index contributed by atoms with van der Waals surface area (Å²) < 4.78 is 5.48. The summed E-state index contributed by atoms with van der Waals surface area (Å²) in [5, 5.41) is 0. The van der Waals surface area contributed by atoms with Gasteiger partial charge in [-0.2, -0.15) is 0 Å². The predicted molar refractivity (Wildman–Crippen MR) is 69.4 cm³/mol. The Morgan fingerprint density at radius 1 is 1.29 bits per heavy atom. The van der Waals surface area contributed by atoms with Gasteiger partial charge in [-0.25, -0.2) is 0 Å². The SMILES string of the molecule is COC(=O)[C@@H](N=C([Se])c1ccccc1)C(C)C. The molecule has 0 aliphatic carbocycles. The van der Waals surface area contributed by atoms with Crippen molar-refractivity contribution < 1.29 is 9.53 Å². The standard InChI is InChI=1S/C13H16NO2Se/c1-9(2)11(13(15)16-3)14-12(17)10-7-5-4-6-8-10/h4-9,11H,1-3H3/t11-/m0/s1. The van der Waals surface area contributed by atoms with E-state index in [9.17, 15) is 4.79 Å². The van der Waals surface area contributed by atoms with Gasteiger partial charge in [-0.05, 0) is 0 Å². The van der Waals surface area contributed by atoms with Gasteiger partial charge in [0.25, 0.3) is 0 Å².